The summed E-state index contributed by atoms with van der Waals surface area (Å²) in [6, 6.07) is 5.77. The maximum Gasteiger partial charge on any atom is 0.261 e. The Kier molecular flexibility index (Phi) is 5.79. The van der Waals surface area contributed by atoms with E-state index in [-0.39, 0.29) is 35.9 Å². The van der Waals surface area contributed by atoms with Crippen LogP contribution in [0.3, 0.4) is 0 Å². The number of hydrogen-bond acceptors (Lipinski definition) is 5. The van der Waals surface area contributed by atoms with Crippen LogP contribution in [-0.4, -0.2) is 46.6 Å². The first-order valence-electron chi connectivity index (χ1n) is 7.71. The average Bonchev–Trinajstić information content (AvgIpc) is 3.10. The zero-order valence-corrected chi connectivity index (χ0v) is 13.2. The number of nitrogens with one attached hydrogen (secondary N) is 1. The van der Waals surface area contributed by atoms with E-state index >= 15 is 0 Å². The van der Waals surface area contributed by atoms with E-state index in [1.807, 2.05) is 0 Å². The topological polar surface area (TPSA) is 114 Å². The number of benzene rings is 1. The van der Waals surface area contributed by atoms with Crippen LogP contribution in [0, 0.1) is 11.3 Å². The summed E-state index contributed by atoms with van der Waals surface area (Å²) >= 11 is 0. The second kappa shape index (κ2) is 8.02. The molecular formula is C17H19N3O4. The van der Waals surface area contributed by atoms with Crippen molar-refractivity contribution in [2.45, 2.75) is 19.3 Å². The third-order valence-electron chi connectivity index (χ3n) is 3.76. The molecule has 0 radical (unpaired) electrons. The minimum absolute atomic E-state index is 0.00116. The van der Waals surface area contributed by atoms with Crippen molar-refractivity contribution < 1.29 is 19.8 Å². The van der Waals surface area contributed by atoms with Gasteiger partial charge in [0.1, 0.15) is 11.6 Å². The van der Waals surface area contributed by atoms with Gasteiger partial charge in [0.2, 0.25) is 5.91 Å². The van der Waals surface area contributed by atoms with Crippen LogP contribution in [0.1, 0.15) is 24.8 Å². The van der Waals surface area contributed by atoms with Gasteiger partial charge in [-0.25, -0.2) is 0 Å². The lowest BCUT2D eigenvalue weighted by atomic mass is 10.1. The van der Waals surface area contributed by atoms with Crippen LogP contribution >= 0.6 is 0 Å². The summed E-state index contributed by atoms with van der Waals surface area (Å²) in [5, 5.41) is 30.3. The normalized spacial score (nSPS) is 14.3. The van der Waals surface area contributed by atoms with E-state index in [2.05, 4.69) is 5.32 Å². The van der Waals surface area contributed by atoms with Crippen molar-refractivity contribution in [1.29, 1.82) is 5.26 Å². The number of rotatable bonds is 5. The first-order chi connectivity index (χ1) is 11.5. The maximum atomic E-state index is 12.0. The van der Waals surface area contributed by atoms with E-state index in [1.165, 1.54) is 24.3 Å². The van der Waals surface area contributed by atoms with E-state index in [4.69, 9.17) is 5.26 Å². The molecule has 1 aliphatic rings. The Hall–Kier alpha value is -3.01. The molecule has 0 spiro atoms. The molecule has 1 aromatic carbocycles. The smallest absolute Gasteiger partial charge is 0.261 e. The summed E-state index contributed by atoms with van der Waals surface area (Å²) in [6.07, 6.45) is 3.53. The number of nitrogens with zero attached hydrogens (tertiary/aromatic N) is 2. The van der Waals surface area contributed by atoms with Crippen molar-refractivity contribution in [2.24, 2.45) is 0 Å². The van der Waals surface area contributed by atoms with Crippen LogP contribution < -0.4 is 5.32 Å². The van der Waals surface area contributed by atoms with E-state index in [0.29, 0.717) is 5.56 Å². The average molecular weight is 329 g/mol. The highest BCUT2D eigenvalue weighted by Gasteiger charge is 2.18. The lowest BCUT2D eigenvalue weighted by Crippen LogP contribution is -2.33. The first kappa shape index (κ1) is 17.3. The van der Waals surface area contributed by atoms with Crippen LogP contribution in [0.4, 0.5) is 0 Å². The third-order valence-corrected chi connectivity index (χ3v) is 3.76. The molecule has 1 aliphatic heterocycles. The van der Waals surface area contributed by atoms with Gasteiger partial charge in [-0.05, 0) is 36.6 Å². The zero-order chi connectivity index (χ0) is 17.5. The number of nitriles is 1. The summed E-state index contributed by atoms with van der Waals surface area (Å²) < 4.78 is 0. The number of aromatic hydroxyl groups is 2. The van der Waals surface area contributed by atoms with E-state index in [1.54, 1.807) is 11.0 Å². The van der Waals surface area contributed by atoms with Gasteiger partial charge in [0.05, 0.1) is 0 Å². The largest absolute Gasteiger partial charge is 0.504 e. The molecule has 2 rings (SSSR count). The van der Waals surface area contributed by atoms with Gasteiger partial charge in [-0.2, -0.15) is 5.26 Å². The summed E-state index contributed by atoms with van der Waals surface area (Å²) in [6.45, 7) is 1.69. The van der Waals surface area contributed by atoms with Crippen LogP contribution in [0.5, 0.6) is 11.5 Å². The summed E-state index contributed by atoms with van der Waals surface area (Å²) in [4.78, 5) is 25.6. The fraction of sp³-hybridized carbons (Fsp3) is 0.353. The van der Waals surface area contributed by atoms with Gasteiger partial charge < -0.3 is 20.4 Å². The molecule has 0 unspecified atom stereocenters. The van der Waals surface area contributed by atoms with Crippen LogP contribution in [0.2, 0.25) is 0 Å². The molecule has 0 aliphatic carbocycles. The molecule has 7 heteroatoms. The van der Waals surface area contributed by atoms with Crippen LogP contribution in [-0.2, 0) is 9.59 Å². The van der Waals surface area contributed by atoms with Gasteiger partial charge in [-0.15, -0.1) is 0 Å². The molecule has 2 amide bonds. The molecule has 3 N–H and O–H groups in total. The van der Waals surface area contributed by atoms with Crippen molar-refractivity contribution in [3.63, 3.8) is 0 Å². The quantitative estimate of drug-likeness (QED) is 0.426. The summed E-state index contributed by atoms with van der Waals surface area (Å²) in [7, 11) is 0. The fourth-order valence-electron chi connectivity index (χ4n) is 2.45. The molecule has 0 atom stereocenters. The number of hydrogen-bond donors (Lipinski definition) is 3. The SMILES string of the molecule is N#C/C(=C\c1ccc(O)c(O)c1)C(=O)NCCC(=O)N1CCCC1. The predicted octanol–water partition coefficient (Wildman–Crippen LogP) is 1.13. The van der Waals surface area contributed by atoms with E-state index < -0.39 is 5.91 Å². The minimum Gasteiger partial charge on any atom is -0.504 e. The number of likely N-dealkylation sites (tertiary alicyclic amines) is 1. The molecule has 0 aromatic heterocycles. The van der Waals surface area contributed by atoms with Crippen molar-refractivity contribution in [3.8, 4) is 17.6 Å². The standard InChI is InChI=1S/C17H19N3O4/c18-11-13(9-12-3-4-14(21)15(22)10-12)17(24)19-6-5-16(23)20-7-1-2-8-20/h3-4,9-10,21-22H,1-2,5-8H2,(H,19,24)/b13-9+. The van der Waals surface area contributed by atoms with Gasteiger partial charge in [-0.1, -0.05) is 6.07 Å². The van der Waals surface area contributed by atoms with Crippen molar-refractivity contribution in [1.82, 2.24) is 10.2 Å². The third kappa shape index (κ3) is 4.49. The summed E-state index contributed by atoms with van der Waals surface area (Å²) in [5.74, 6) is -1.20. The van der Waals surface area contributed by atoms with Crippen molar-refractivity contribution in [3.05, 3.63) is 29.3 Å². The molecule has 7 nitrogen and oxygen atoms in total. The van der Waals surface area contributed by atoms with Gasteiger partial charge >= 0.3 is 0 Å². The first-order valence-corrected chi connectivity index (χ1v) is 7.71. The number of carbonyl (C=O) groups is 2. The number of phenols is 2. The fourth-order valence-corrected chi connectivity index (χ4v) is 2.45. The number of amides is 2. The zero-order valence-electron chi connectivity index (χ0n) is 13.2. The van der Waals surface area contributed by atoms with Crippen molar-refractivity contribution >= 4 is 17.9 Å². The molecule has 1 aromatic rings. The molecule has 24 heavy (non-hydrogen) atoms. The molecule has 1 fully saturated rings. The molecule has 0 saturated carbocycles. The Morgan fingerprint density at radius 1 is 1.25 bits per heavy atom. The molecule has 0 bridgehead atoms. The van der Waals surface area contributed by atoms with Gasteiger partial charge in [0, 0.05) is 26.1 Å². The Morgan fingerprint density at radius 3 is 2.58 bits per heavy atom. The highest BCUT2D eigenvalue weighted by molar-refractivity contribution is 6.01. The lowest BCUT2D eigenvalue weighted by molar-refractivity contribution is -0.130. The molecular weight excluding hydrogens is 310 g/mol. The number of phenolic OH excluding ortho intramolecular Hbond substituents is 2. The highest BCUT2D eigenvalue weighted by Crippen LogP contribution is 2.25. The maximum absolute atomic E-state index is 12.0. The van der Waals surface area contributed by atoms with Gasteiger partial charge in [-0.3, -0.25) is 9.59 Å². The second-order valence-electron chi connectivity index (χ2n) is 5.51. The van der Waals surface area contributed by atoms with Crippen LogP contribution in [0.15, 0.2) is 23.8 Å². The Bertz CT molecular complexity index is 700. The number of carbonyl (C=O) groups excluding carboxylic acids is 2. The van der Waals surface area contributed by atoms with Gasteiger partial charge in [0.15, 0.2) is 11.5 Å². The van der Waals surface area contributed by atoms with Crippen molar-refractivity contribution in [2.75, 3.05) is 19.6 Å². The predicted molar refractivity (Wildman–Crippen MR) is 86.8 cm³/mol. The summed E-state index contributed by atoms with van der Waals surface area (Å²) in [5.41, 5.74) is 0.263. The van der Waals surface area contributed by atoms with Gasteiger partial charge in [0.25, 0.3) is 5.91 Å². The lowest BCUT2D eigenvalue weighted by Gasteiger charge is -2.15. The second-order valence-corrected chi connectivity index (χ2v) is 5.51. The minimum atomic E-state index is -0.584. The van der Waals surface area contributed by atoms with Crippen LogP contribution in [0.25, 0.3) is 6.08 Å². The Morgan fingerprint density at radius 2 is 1.96 bits per heavy atom. The highest BCUT2D eigenvalue weighted by atomic mass is 16.3. The van der Waals surface area contributed by atoms with E-state index in [0.717, 1.165) is 25.9 Å². The van der Waals surface area contributed by atoms with E-state index in [9.17, 15) is 19.8 Å². The Balaban J connectivity index is 1.91. The molecule has 1 saturated heterocycles. The molecule has 1 heterocycles. The Labute approximate surface area is 139 Å². The monoisotopic (exact) mass is 329 g/mol. The molecule has 126 valence electrons.